The summed E-state index contributed by atoms with van der Waals surface area (Å²) in [7, 11) is 1.36. The lowest BCUT2D eigenvalue weighted by Crippen LogP contribution is -2.26. The van der Waals surface area contributed by atoms with Crippen LogP contribution in [0.1, 0.15) is 47.7 Å². The number of unbranched alkanes of at least 4 members (excludes halogenated alkanes) is 1. The summed E-state index contributed by atoms with van der Waals surface area (Å²) < 4.78 is 7.22. The molecule has 5 nitrogen and oxygen atoms in total. The monoisotopic (exact) mass is 496 g/mol. The van der Waals surface area contributed by atoms with Gasteiger partial charge in [-0.25, -0.2) is 4.98 Å². The summed E-state index contributed by atoms with van der Waals surface area (Å²) in [5.41, 5.74) is 3.29. The molecule has 0 aliphatic rings. The van der Waals surface area contributed by atoms with Crippen molar-refractivity contribution in [3.8, 4) is 0 Å². The van der Waals surface area contributed by atoms with Crippen LogP contribution in [0.4, 0.5) is 0 Å². The molecule has 7 heteroatoms. The number of esters is 1. The van der Waals surface area contributed by atoms with Gasteiger partial charge in [0.2, 0.25) is 0 Å². The molecule has 4 rings (SSSR count). The number of carbonyl (C=O) groups excluding carboxylic acids is 1. The first-order chi connectivity index (χ1) is 16.5. The number of methoxy groups -OCH3 is 1. The number of fused-ring (bicyclic) bond motifs is 1. The third kappa shape index (κ3) is 5.19. The zero-order valence-electron chi connectivity index (χ0n) is 19.4. The molecule has 0 amide bonds. The molecule has 0 radical (unpaired) electrons. The van der Waals surface area contributed by atoms with E-state index in [1.165, 1.54) is 7.11 Å². The molecule has 34 heavy (non-hydrogen) atoms. The maximum atomic E-state index is 12.7. The van der Waals surface area contributed by atoms with Crippen molar-refractivity contribution in [2.75, 3.05) is 7.11 Å². The molecule has 2 unspecified atom stereocenters. The lowest BCUT2D eigenvalue weighted by atomic mass is 9.91. The minimum atomic E-state index is -1.04. The summed E-state index contributed by atoms with van der Waals surface area (Å²) in [5, 5.41) is 14.2. The molecule has 0 aliphatic carbocycles. The van der Waals surface area contributed by atoms with Crippen LogP contribution in [0.25, 0.3) is 11.0 Å². The second-order valence-corrected chi connectivity index (χ2v) is 9.82. The number of benzene rings is 2. The average Bonchev–Trinajstić information content (AvgIpc) is 3.49. The predicted octanol–water partition coefficient (Wildman–Crippen LogP) is 6.21. The average molecular weight is 497 g/mol. The summed E-state index contributed by atoms with van der Waals surface area (Å²) in [5.74, 6) is -0.206. The second-order valence-electron chi connectivity index (χ2n) is 8.38. The van der Waals surface area contributed by atoms with Crippen molar-refractivity contribution in [1.82, 2.24) is 9.55 Å². The van der Waals surface area contributed by atoms with Gasteiger partial charge in [-0.15, -0.1) is 11.3 Å². The molecule has 0 saturated heterocycles. The van der Waals surface area contributed by atoms with Crippen LogP contribution < -0.4 is 0 Å². The number of aryl methyl sites for hydroxylation is 1. The number of thiophene rings is 1. The van der Waals surface area contributed by atoms with E-state index in [0.717, 1.165) is 46.6 Å². The van der Waals surface area contributed by atoms with E-state index in [4.69, 9.17) is 21.3 Å². The molecule has 2 atom stereocenters. The van der Waals surface area contributed by atoms with Crippen molar-refractivity contribution in [2.45, 2.75) is 45.3 Å². The van der Waals surface area contributed by atoms with Crippen LogP contribution in [0.2, 0.25) is 5.02 Å². The third-order valence-electron chi connectivity index (χ3n) is 6.12. The van der Waals surface area contributed by atoms with Gasteiger partial charge in [0.15, 0.2) is 0 Å². The van der Waals surface area contributed by atoms with Crippen molar-refractivity contribution >= 4 is 39.9 Å². The van der Waals surface area contributed by atoms with Gasteiger partial charge in [0, 0.05) is 21.9 Å². The summed E-state index contributed by atoms with van der Waals surface area (Å²) in [6, 6.07) is 17.4. The number of ether oxygens (including phenoxy) is 1. The normalized spacial score (nSPS) is 13.2. The van der Waals surface area contributed by atoms with Gasteiger partial charge >= 0.3 is 5.97 Å². The third-order valence-corrected chi connectivity index (χ3v) is 7.39. The van der Waals surface area contributed by atoms with E-state index in [1.807, 2.05) is 60.0 Å². The maximum Gasteiger partial charge on any atom is 0.312 e. The number of rotatable bonds is 10. The summed E-state index contributed by atoms with van der Waals surface area (Å²) in [4.78, 5) is 18.7. The van der Waals surface area contributed by atoms with E-state index >= 15 is 0 Å². The van der Waals surface area contributed by atoms with Gasteiger partial charge in [-0.05, 0) is 42.0 Å². The number of imidazole rings is 1. The molecule has 2 aromatic heterocycles. The molecule has 4 aromatic rings. The Kier molecular flexibility index (Phi) is 8.03. The van der Waals surface area contributed by atoms with Crippen LogP contribution in [0, 0.1) is 5.92 Å². The van der Waals surface area contributed by atoms with Crippen LogP contribution in [-0.2, 0) is 28.9 Å². The van der Waals surface area contributed by atoms with Gasteiger partial charge in [-0.1, -0.05) is 61.3 Å². The van der Waals surface area contributed by atoms with Crippen LogP contribution >= 0.6 is 22.9 Å². The van der Waals surface area contributed by atoms with Gasteiger partial charge in [-0.3, -0.25) is 4.79 Å². The minimum absolute atomic E-state index is 0.406. The Bertz CT molecular complexity index is 1250. The Balaban J connectivity index is 1.82. The molecule has 0 saturated carbocycles. The summed E-state index contributed by atoms with van der Waals surface area (Å²) in [6.07, 6.45) is 2.24. The lowest BCUT2D eigenvalue weighted by Gasteiger charge is -2.22. The lowest BCUT2D eigenvalue weighted by molar-refractivity contribution is -0.149. The maximum absolute atomic E-state index is 12.7. The largest absolute Gasteiger partial charge is 0.469 e. The first-order valence-electron chi connectivity index (χ1n) is 11.5. The Morgan fingerprint density at radius 3 is 2.71 bits per heavy atom. The Labute approximate surface area is 209 Å². The van der Waals surface area contributed by atoms with Gasteiger partial charge < -0.3 is 14.4 Å². The molecule has 0 fully saturated rings. The number of aromatic nitrogens is 2. The highest BCUT2D eigenvalue weighted by molar-refractivity contribution is 7.09. The van der Waals surface area contributed by atoms with Gasteiger partial charge in [0.1, 0.15) is 5.82 Å². The highest BCUT2D eigenvalue weighted by atomic mass is 35.5. The minimum Gasteiger partial charge on any atom is -0.469 e. The van der Waals surface area contributed by atoms with E-state index in [9.17, 15) is 9.90 Å². The number of carbonyl (C=O) groups is 1. The number of aliphatic hydroxyl groups is 1. The SMILES string of the molecule is CCCCc1nc2cccc(C(O)C(Cc3cccs3)C(=O)OC)c2n1Cc1ccccc1Cl. The number of aliphatic hydroxyl groups excluding tert-OH is 1. The molecular formula is C27H29ClN2O3S. The number of hydrogen-bond acceptors (Lipinski definition) is 5. The summed E-state index contributed by atoms with van der Waals surface area (Å²) >= 11 is 8.06. The zero-order valence-corrected chi connectivity index (χ0v) is 21.0. The van der Waals surface area contributed by atoms with Crippen molar-refractivity contribution in [3.63, 3.8) is 0 Å². The molecule has 0 aliphatic heterocycles. The molecule has 2 heterocycles. The fraction of sp³-hybridized carbons (Fsp3) is 0.333. The Hall–Kier alpha value is -2.67. The quantitative estimate of drug-likeness (QED) is 0.265. The molecular weight excluding hydrogens is 468 g/mol. The second kappa shape index (κ2) is 11.2. The smallest absolute Gasteiger partial charge is 0.312 e. The van der Waals surface area contributed by atoms with E-state index < -0.39 is 18.0 Å². The highest BCUT2D eigenvalue weighted by Crippen LogP contribution is 2.34. The van der Waals surface area contributed by atoms with Crippen molar-refractivity contribution in [1.29, 1.82) is 0 Å². The van der Waals surface area contributed by atoms with Gasteiger partial charge in [0.05, 0.1) is 36.7 Å². The van der Waals surface area contributed by atoms with E-state index in [0.29, 0.717) is 23.6 Å². The zero-order chi connectivity index (χ0) is 24.1. The Morgan fingerprint density at radius 1 is 1.18 bits per heavy atom. The first-order valence-corrected chi connectivity index (χ1v) is 12.8. The number of para-hydroxylation sites is 1. The number of halogens is 1. The van der Waals surface area contributed by atoms with Gasteiger partial charge in [0.25, 0.3) is 0 Å². The van der Waals surface area contributed by atoms with E-state index in [-0.39, 0.29) is 0 Å². The standard InChI is InChI=1S/C27H29ClN2O3S/c1-3-4-14-24-29-23-13-7-11-20(25(23)30(24)17-18-9-5-6-12-22(18)28)26(31)21(27(32)33-2)16-19-10-8-15-34-19/h5-13,15,21,26,31H,3-4,14,16-17H2,1-2H3. The van der Waals surface area contributed by atoms with Crippen LogP contribution in [0.5, 0.6) is 0 Å². The molecule has 178 valence electrons. The van der Waals surface area contributed by atoms with Crippen molar-refractivity contribution < 1.29 is 14.6 Å². The van der Waals surface area contributed by atoms with Crippen LogP contribution in [0.3, 0.4) is 0 Å². The number of hydrogen-bond donors (Lipinski definition) is 1. The fourth-order valence-electron chi connectivity index (χ4n) is 4.33. The van der Waals surface area contributed by atoms with Crippen LogP contribution in [-0.4, -0.2) is 27.7 Å². The molecule has 2 aromatic carbocycles. The molecule has 1 N–H and O–H groups in total. The summed E-state index contributed by atoms with van der Waals surface area (Å²) in [6.45, 7) is 2.69. The van der Waals surface area contributed by atoms with Crippen LogP contribution in [0.15, 0.2) is 60.0 Å². The van der Waals surface area contributed by atoms with Crippen molar-refractivity contribution in [3.05, 3.63) is 86.8 Å². The van der Waals surface area contributed by atoms with Gasteiger partial charge in [-0.2, -0.15) is 0 Å². The predicted molar refractivity (Wildman–Crippen MR) is 137 cm³/mol. The molecule has 0 spiro atoms. The van der Waals surface area contributed by atoms with Crippen molar-refractivity contribution in [2.24, 2.45) is 5.92 Å². The molecule has 0 bridgehead atoms. The van der Waals surface area contributed by atoms with E-state index in [2.05, 4.69) is 11.5 Å². The topological polar surface area (TPSA) is 64.3 Å². The number of nitrogens with zero attached hydrogens (tertiary/aromatic N) is 2. The first kappa shape index (κ1) is 24.5. The Morgan fingerprint density at radius 2 is 2.00 bits per heavy atom. The highest BCUT2D eigenvalue weighted by Gasteiger charge is 2.32. The fourth-order valence-corrected chi connectivity index (χ4v) is 5.29. The van der Waals surface area contributed by atoms with E-state index in [1.54, 1.807) is 11.3 Å².